The molecule has 0 saturated heterocycles. The Balaban J connectivity index is 1.98. The van der Waals surface area contributed by atoms with Gasteiger partial charge in [-0.25, -0.2) is 0 Å². The van der Waals surface area contributed by atoms with Gasteiger partial charge in [0.15, 0.2) is 0 Å². The lowest BCUT2D eigenvalue weighted by atomic mass is 9.99. The Morgan fingerprint density at radius 2 is 2.40 bits per heavy atom. The van der Waals surface area contributed by atoms with E-state index in [4.69, 9.17) is 5.84 Å². The molecule has 3 nitrogen and oxygen atoms in total. The summed E-state index contributed by atoms with van der Waals surface area (Å²) >= 11 is 0. The van der Waals surface area contributed by atoms with Crippen molar-refractivity contribution in [2.45, 2.75) is 32.7 Å². The van der Waals surface area contributed by atoms with Crippen molar-refractivity contribution >= 4 is 0 Å². The molecule has 0 bridgehead atoms. The summed E-state index contributed by atoms with van der Waals surface area (Å²) in [6.07, 6.45) is 5.95. The van der Waals surface area contributed by atoms with Gasteiger partial charge >= 0.3 is 0 Å². The summed E-state index contributed by atoms with van der Waals surface area (Å²) in [4.78, 5) is 4.12. The molecule has 2 rings (SSSR count). The number of rotatable bonds is 4. The van der Waals surface area contributed by atoms with Crippen LogP contribution in [-0.2, 0) is 6.42 Å². The zero-order valence-corrected chi connectivity index (χ0v) is 9.40. The maximum atomic E-state index is 5.61. The standard InChI is InChI=1S/C12H19N3/c1-12(2)7-10(12)11(15-13)6-9-4-3-5-14-8-9/h3-5,8,10-11,15H,6-7,13H2,1-2H3. The van der Waals surface area contributed by atoms with Crippen LogP contribution >= 0.6 is 0 Å². The normalized spacial score (nSPS) is 24.9. The molecule has 1 aromatic heterocycles. The molecular weight excluding hydrogens is 186 g/mol. The Morgan fingerprint density at radius 3 is 2.87 bits per heavy atom. The molecule has 0 amide bonds. The molecule has 3 N–H and O–H groups in total. The minimum atomic E-state index is 0.379. The second kappa shape index (κ2) is 3.91. The summed E-state index contributed by atoms with van der Waals surface area (Å²) < 4.78 is 0. The maximum Gasteiger partial charge on any atom is 0.0300 e. The van der Waals surface area contributed by atoms with E-state index in [1.807, 2.05) is 12.3 Å². The van der Waals surface area contributed by atoms with Gasteiger partial charge < -0.3 is 0 Å². The number of hydrogen-bond acceptors (Lipinski definition) is 3. The number of nitrogens with zero attached hydrogens (tertiary/aromatic N) is 1. The van der Waals surface area contributed by atoms with E-state index in [0.29, 0.717) is 17.4 Å². The van der Waals surface area contributed by atoms with Gasteiger partial charge in [-0.2, -0.15) is 0 Å². The zero-order valence-electron chi connectivity index (χ0n) is 9.40. The van der Waals surface area contributed by atoms with E-state index in [1.54, 1.807) is 6.20 Å². The Labute approximate surface area is 91.1 Å². The first-order valence-corrected chi connectivity index (χ1v) is 5.48. The van der Waals surface area contributed by atoms with Crippen molar-refractivity contribution in [3.63, 3.8) is 0 Å². The van der Waals surface area contributed by atoms with E-state index in [0.717, 1.165) is 6.42 Å². The quantitative estimate of drug-likeness (QED) is 0.578. The van der Waals surface area contributed by atoms with Crippen LogP contribution in [0.15, 0.2) is 24.5 Å². The monoisotopic (exact) mass is 205 g/mol. The average Bonchev–Trinajstić information content (AvgIpc) is 2.86. The third-order valence-electron chi connectivity index (χ3n) is 3.47. The van der Waals surface area contributed by atoms with Crippen LogP contribution in [0.2, 0.25) is 0 Å². The predicted molar refractivity (Wildman–Crippen MR) is 60.9 cm³/mol. The molecule has 0 aromatic carbocycles. The van der Waals surface area contributed by atoms with E-state index in [2.05, 4.69) is 30.3 Å². The zero-order chi connectivity index (χ0) is 10.9. The molecule has 1 aromatic rings. The molecule has 15 heavy (non-hydrogen) atoms. The van der Waals surface area contributed by atoms with Crippen LogP contribution in [0.3, 0.4) is 0 Å². The SMILES string of the molecule is CC1(C)CC1C(Cc1cccnc1)NN. The molecule has 3 heteroatoms. The molecule has 1 aliphatic rings. The van der Waals surface area contributed by atoms with E-state index in [1.165, 1.54) is 12.0 Å². The molecule has 0 spiro atoms. The van der Waals surface area contributed by atoms with Crippen molar-refractivity contribution in [3.05, 3.63) is 30.1 Å². The highest BCUT2D eigenvalue weighted by atomic mass is 15.2. The summed E-state index contributed by atoms with van der Waals surface area (Å²) in [5.74, 6) is 6.31. The van der Waals surface area contributed by atoms with E-state index < -0.39 is 0 Å². The molecule has 1 fully saturated rings. The number of hydrogen-bond donors (Lipinski definition) is 2. The molecule has 1 aliphatic carbocycles. The van der Waals surface area contributed by atoms with Crippen LogP contribution < -0.4 is 11.3 Å². The third-order valence-corrected chi connectivity index (χ3v) is 3.47. The maximum absolute atomic E-state index is 5.61. The lowest BCUT2D eigenvalue weighted by Crippen LogP contribution is -2.39. The van der Waals surface area contributed by atoms with Crippen LogP contribution in [-0.4, -0.2) is 11.0 Å². The van der Waals surface area contributed by atoms with Crippen LogP contribution in [0, 0.1) is 11.3 Å². The number of aromatic nitrogens is 1. The highest BCUT2D eigenvalue weighted by Crippen LogP contribution is 2.53. The Bertz CT molecular complexity index is 321. The summed E-state index contributed by atoms with van der Waals surface area (Å²) in [6, 6.07) is 4.46. The largest absolute Gasteiger partial charge is 0.271 e. The van der Waals surface area contributed by atoms with E-state index >= 15 is 0 Å². The first kappa shape index (κ1) is 10.6. The Hall–Kier alpha value is -0.930. The second-order valence-electron chi connectivity index (χ2n) is 5.14. The smallest absolute Gasteiger partial charge is 0.0300 e. The molecule has 2 atom stereocenters. The van der Waals surface area contributed by atoms with Gasteiger partial charge in [0, 0.05) is 18.4 Å². The van der Waals surface area contributed by atoms with Crippen LogP contribution in [0.1, 0.15) is 25.8 Å². The molecule has 1 saturated carbocycles. The minimum Gasteiger partial charge on any atom is -0.271 e. The van der Waals surface area contributed by atoms with Gasteiger partial charge in [-0.05, 0) is 35.8 Å². The number of nitrogens with two attached hydrogens (primary N) is 1. The number of hydrazine groups is 1. The fraction of sp³-hybridized carbons (Fsp3) is 0.583. The van der Waals surface area contributed by atoms with Crippen molar-refractivity contribution in [2.24, 2.45) is 17.2 Å². The van der Waals surface area contributed by atoms with E-state index in [9.17, 15) is 0 Å². The third kappa shape index (κ3) is 2.36. The van der Waals surface area contributed by atoms with Gasteiger partial charge in [0.1, 0.15) is 0 Å². The van der Waals surface area contributed by atoms with E-state index in [-0.39, 0.29) is 0 Å². The highest BCUT2D eigenvalue weighted by Gasteiger charge is 2.49. The molecular formula is C12H19N3. The van der Waals surface area contributed by atoms with Crippen LogP contribution in [0.25, 0.3) is 0 Å². The molecule has 82 valence electrons. The summed E-state index contributed by atoms with van der Waals surface area (Å²) in [7, 11) is 0. The van der Waals surface area contributed by atoms with Gasteiger partial charge in [-0.3, -0.25) is 16.3 Å². The fourth-order valence-electron chi connectivity index (χ4n) is 2.28. The van der Waals surface area contributed by atoms with Gasteiger partial charge in [-0.15, -0.1) is 0 Å². The molecule has 0 aliphatic heterocycles. The lowest BCUT2D eigenvalue weighted by Gasteiger charge is -2.17. The first-order chi connectivity index (χ1) is 7.13. The average molecular weight is 205 g/mol. The van der Waals surface area contributed by atoms with Crippen LogP contribution in [0.4, 0.5) is 0 Å². The van der Waals surface area contributed by atoms with Gasteiger partial charge in [-0.1, -0.05) is 19.9 Å². The van der Waals surface area contributed by atoms with Gasteiger partial charge in [0.25, 0.3) is 0 Å². The number of nitrogens with one attached hydrogen (secondary N) is 1. The number of pyridine rings is 1. The first-order valence-electron chi connectivity index (χ1n) is 5.48. The topological polar surface area (TPSA) is 50.9 Å². The summed E-state index contributed by atoms with van der Waals surface area (Å²) in [5, 5.41) is 0. The predicted octanol–water partition coefficient (Wildman–Crippen LogP) is 1.50. The van der Waals surface area contributed by atoms with Crippen molar-refractivity contribution in [2.75, 3.05) is 0 Å². The van der Waals surface area contributed by atoms with Crippen molar-refractivity contribution in [1.29, 1.82) is 0 Å². The van der Waals surface area contributed by atoms with Crippen molar-refractivity contribution in [3.8, 4) is 0 Å². The van der Waals surface area contributed by atoms with Gasteiger partial charge in [0.05, 0.1) is 0 Å². The Kier molecular flexibility index (Phi) is 2.76. The second-order valence-corrected chi connectivity index (χ2v) is 5.14. The fourth-order valence-corrected chi connectivity index (χ4v) is 2.28. The summed E-state index contributed by atoms with van der Waals surface area (Å²) in [5.41, 5.74) is 4.65. The lowest BCUT2D eigenvalue weighted by molar-refractivity contribution is 0.408. The molecule has 1 heterocycles. The van der Waals surface area contributed by atoms with Crippen molar-refractivity contribution in [1.82, 2.24) is 10.4 Å². The van der Waals surface area contributed by atoms with Crippen molar-refractivity contribution < 1.29 is 0 Å². The minimum absolute atomic E-state index is 0.379. The summed E-state index contributed by atoms with van der Waals surface area (Å²) in [6.45, 7) is 4.59. The van der Waals surface area contributed by atoms with Gasteiger partial charge in [0.2, 0.25) is 0 Å². The Morgan fingerprint density at radius 1 is 1.67 bits per heavy atom. The van der Waals surface area contributed by atoms with Crippen LogP contribution in [0.5, 0.6) is 0 Å². The molecule has 2 unspecified atom stereocenters. The highest BCUT2D eigenvalue weighted by molar-refractivity contribution is 5.13. The molecule has 0 radical (unpaired) electrons.